The van der Waals surface area contributed by atoms with Crippen LogP contribution in [0.15, 0.2) is 59.0 Å². The van der Waals surface area contributed by atoms with Crippen LogP contribution in [0.1, 0.15) is 20.9 Å². The lowest BCUT2D eigenvalue weighted by molar-refractivity contribution is -0.384. The Hall–Kier alpha value is -4.18. The molecule has 1 amide bonds. The van der Waals surface area contributed by atoms with E-state index in [0.717, 1.165) is 5.69 Å². The Labute approximate surface area is 188 Å². The topological polar surface area (TPSA) is 124 Å². The van der Waals surface area contributed by atoms with Gasteiger partial charge < -0.3 is 24.1 Å². The van der Waals surface area contributed by atoms with Crippen molar-refractivity contribution in [2.45, 2.75) is 0 Å². The first-order chi connectivity index (χ1) is 16.0. The van der Waals surface area contributed by atoms with Gasteiger partial charge in [-0.25, -0.2) is 4.79 Å². The summed E-state index contributed by atoms with van der Waals surface area (Å²) in [5, 5.41) is 13.8. The molecule has 2 aromatic carbocycles. The Morgan fingerprint density at radius 3 is 2.61 bits per heavy atom. The number of nitro benzene ring substituents is 1. The van der Waals surface area contributed by atoms with Crippen LogP contribution in [-0.4, -0.2) is 50.2 Å². The second-order valence-electron chi connectivity index (χ2n) is 7.25. The number of hydrogen-bond donors (Lipinski definition) is 1. The van der Waals surface area contributed by atoms with Crippen molar-refractivity contribution in [3.8, 4) is 11.3 Å². The third-order valence-electron chi connectivity index (χ3n) is 5.19. The molecule has 0 saturated carbocycles. The fourth-order valence-corrected chi connectivity index (χ4v) is 3.53. The number of methoxy groups -OCH3 is 1. The number of morpholine rings is 1. The molecule has 0 spiro atoms. The summed E-state index contributed by atoms with van der Waals surface area (Å²) in [6, 6.07) is 14.0. The number of non-ortho nitro benzene ring substituents is 1. The first-order valence-electron chi connectivity index (χ1n) is 10.2. The quantitative estimate of drug-likeness (QED) is 0.342. The van der Waals surface area contributed by atoms with Crippen molar-refractivity contribution in [3.05, 3.63) is 76.0 Å². The Bertz CT molecular complexity index is 1200. The zero-order valence-electron chi connectivity index (χ0n) is 17.8. The maximum absolute atomic E-state index is 12.9. The summed E-state index contributed by atoms with van der Waals surface area (Å²) in [6.07, 6.45) is 0. The number of carbonyl (C=O) groups is 2. The molecule has 10 nitrogen and oxygen atoms in total. The van der Waals surface area contributed by atoms with E-state index in [4.69, 9.17) is 13.9 Å². The van der Waals surface area contributed by atoms with Crippen LogP contribution in [0.25, 0.3) is 11.3 Å². The number of amides is 1. The van der Waals surface area contributed by atoms with Crippen molar-refractivity contribution in [2.75, 3.05) is 43.6 Å². The van der Waals surface area contributed by atoms with Gasteiger partial charge in [-0.3, -0.25) is 14.9 Å². The van der Waals surface area contributed by atoms with Crippen LogP contribution >= 0.6 is 0 Å². The maximum atomic E-state index is 12.9. The van der Waals surface area contributed by atoms with Gasteiger partial charge in [-0.05, 0) is 30.3 Å². The van der Waals surface area contributed by atoms with Crippen molar-refractivity contribution in [1.82, 2.24) is 0 Å². The van der Waals surface area contributed by atoms with Crippen molar-refractivity contribution in [1.29, 1.82) is 0 Å². The lowest BCUT2D eigenvalue weighted by Crippen LogP contribution is -2.36. The Morgan fingerprint density at radius 2 is 1.88 bits per heavy atom. The second-order valence-corrected chi connectivity index (χ2v) is 7.25. The average Bonchev–Trinajstić information content (AvgIpc) is 3.35. The van der Waals surface area contributed by atoms with Crippen LogP contribution in [0.3, 0.4) is 0 Å². The molecule has 0 atom stereocenters. The van der Waals surface area contributed by atoms with Crippen LogP contribution in [0, 0.1) is 10.1 Å². The summed E-state index contributed by atoms with van der Waals surface area (Å²) < 4.78 is 15.9. The van der Waals surface area contributed by atoms with Gasteiger partial charge in [0.25, 0.3) is 11.6 Å². The van der Waals surface area contributed by atoms with E-state index < -0.39 is 16.8 Å². The van der Waals surface area contributed by atoms with Gasteiger partial charge in [0.15, 0.2) is 5.76 Å². The van der Waals surface area contributed by atoms with Gasteiger partial charge in [-0.1, -0.05) is 12.1 Å². The molecule has 0 aliphatic carbocycles. The molecule has 170 valence electrons. The van der Waals surface area contributed by atoms with Crippen molar-refractivity contribution in [3.63, 3.8) is 0 Å². The average molecular weight is 451 g/mol. The SMILES string of the molecule is COC(=O)c1ccc(N2CCOCC2)c(NC(=O)c2ccc(-c3cccc([N+](=O)[O-])c3)o2)c1. The molecule has 10 heteroatoms. The molecule has 2 heterocycles. The fraction of sp³-hybridized carbons (Fsp3) is 0.217. The summed E-state index contributed by atoms with van der Waals surface area (Å²) in [5.74, 6) is -0.707. The number of benzene rings is 2. The number of carbonyl (C=O) groups excluding carboxylic acids is 2. The predicted molar refractivity (Wildman–Crippen MR) is 120 cm³/mol. The van der Waals surface area contributed by atoms with Gasteiger partial charge in [0.1, 0.15) is 5.76 Å². The van der Waals surface area contributed by atoms with Gasteiger partial charge in [-0.2, -0.15) is 0 Å². The number of furan rings is 1. The Balaban J connectivity index is 1.60. The lowest BCUT2D eigenvalue weighted by Gasteiger charge is -2.30. The van der Waals surface area contributed by atoms with Crippen molar-refractivity contribution < 1.29 is 28.4 Å². The number of esters is 1. The fourth-order valence-electron chi connectivity index (χ4n) is 3.53. The third kappa shape index (κ3) is 4.85. The largest absolute Gasteiger partial charge is 0.465 e. The van der Waals surface area contributed by atoms with Gasteiger partial charge in [0, 0.05) is 30.8 Å². The van der Waals surface area contributed by atoms with Gasteiger partial charge in [0.05, 0.1) is 42.2 Å². The Morgan fingerprint density at radius 1 is 1.09 bits per heavy atom. The number of nitrogens with one attached hydrogen (secondary N) is 1. The van der Waals surface area contributed by atoms with Crippen LogP contribution in [-0.2, 0) is 9.47 Å². The minimum atomic E-state index is -0.525. The Kier molecular flexibility index (Phi) is 6.36. The molecule has 1 aliphatic rings. The normalized spacial score (nSPS) is 13.4. The molecular formula is C23H21N3O7. The molecular weight excluding hydrogens is 430 g/mol. The molecule has 0 unspecified atom stereocenters. The molecule has 1 fully saturated rings. The van der Waals surface area contributed by atoms with Crippen LogP contribution < -0.4 is 10.2 Å². The number of nitro groups is 1. The summed E-state index contributed by atoms with van der Waals surface area (Å²) >= 11 is 0. The molecule has 1 saturated heterocycles. The number of nitrogens with zero attached hydrogens (tertiary/aromatic N) is 2. The van der Waals surface area contributed by atoms with Crippen molar-refractivity contribution >= 4 is 28.9 Å². The van der Waals surface area contributed by atoms with Gasteiger partial charge in [-0.15, -0.1) is 0 Å². The van der Waals surface area contributed by atoms with E-state index >= 15 is 0 Å². The van der Waals surface area contributed by atoms with Crippen LogP contribution in [0.4, 0.5) is 17.1 Å². The molecule has 3 aromatic rings. The molecule has 1 aliphatic heterocycles. The summed E-state index contributed by atoms with van der Waals surface area (Å²) in [5.41, 5.74) is 1.86. The standard InChI is InChI=1S/C23H21N3O7/c1-31-23(28)16-5-6-19(25-9-11-32-12-10-25)18(14-16)24-22(27)21-8-7-20(33-21)15-3-2-4-17(13-15)26(29)30/h2-8,13-14H,9-12H2,1H3,(H,24,27). The smallest absolute Gasteiger partial charge is 0.337 e. The number of anilines is 2. The van der Waals surface area contributed by atoms with E-state index in [1.807, 2.05) is 0 Å². The van der Waals surface area contributed by atoms with Crippen LogP contribution in [0.2, 0.25) is 0 Å². The van der Waals surface area contributed by atoms with Crippen LogP contribution in [0.5, 0.6) is 0 Å². The van der Waals surface area contributed by atoms with Gasteiger partial charge >= 0.3 is 5.97 Å². The molecule has 0 radical (unpaired) electrons. The van der Waals surface area contributed by atoms with E-state index in [9.17, 15) is 19.7 Å². The molecule has 1 N–H and O–H groups in total. The number of ether oxygens (including phenoxy) is 2. The first kappa shape index (κ1) is 22.0. The highest BCUT2D eigenvalue weighted by molar-refractivity contribution is 6.05. The lowest BCUT2D eigenvalue weighted by atomic mass is 10.1. The minimum Gasteiger partial charge on any atom is -0.465 e. The van der Waals surface area contributed by atoms with E-state index in [-0.39, 0.29) is 11.4 Å². The third-order valence-corrected chi connectivity index (χ3v) is 5.19. The molecule has 33 heavy (non-hydrogen) atoms. The van der Waals surface area contributed by atoms with Gasteiger partial charge in [0.2, 0.25) is 0 Å². The highest BCUT2D eigenvalue weighted by Gasteiger charge is 2.21. The molecule has 4 rings (SSSR count). The predicted octanol–water partition coefficient (Wildman–Crippen LogP) is 3.73. The highest BCUT2D eigenvalue weighted by atomic mass is 16.6. The zero-order chi connectivity index (χ0) is 23.4. The zero-order valence-corrected chi connectivity index (χ0v) is 17.8. The summed E-state index contributed by atoms with van der Waals surface area (Å²) in [7, 11) is 1.29. The van der Waals surface area contributed by atoms with E-state index in [1.54, 1.807) is 36.4 Å². The molecule has 0 bridgehead atoms. The number of hydrogen-bond acceptors (Lipinski definition) is 8. The summed E-state index contributed by atoms with van der Waals surface area (Å²) in [6.45, 7) is 2.38. The monoisotopic (exact) mass is 451 g/mol. The second kappa shape index (κ2) is 9.53. The maximum Gasteiger partial charge on any atom is 0.337 e. The summed E-state index contributed by atoms with van der Waals surface area (Å²) in [4.78, 5) is 37.5. The van der Waals surface area contributed by atoms with E-state index in [2.05, 4.69) is 10.2 Å². The first-order valence-corrected chi connectivity index (χ1v) is 10.2. The minimum absolute atomic E-state index is 0.0212. The van der Waals surface area contributed by atoms with E-state index in [0.29, 0.717) is 48.9 Å². The highest BCUT2D eigenvalue weighted by Crippen LogP contribution is 2.30. The van der Waals surface area contributed by atoms with E-state index in [1.165, 1.54) is 25.3 Å². The number of rotatable bonds is 6. The van der Waals surface area contributed by atoms with Crippen molar-refractivity contribution in [2.24, 2.45) is 0 Å². The molecule has 1 aromatic heterocycles.